The largest absolute Gasteiger partial charge is 0.495 e. The summed E-state index contributed by atoms with van der Waals surface area (Å²) in [4.78, 5) is 20.6. The van der Waals surface area contributed by atoms with Crippen molar-refractivity contribution in [2.45, 2.75) is 135 Å². The first-order valence-corrected chi connectivity index (χ1v) is 18.6. The molecule has 0 aromatic carbocycles. The van der Waals surface area contributed by atoms with Crippen LogP contribution in [0.3, 0.4) is 0 Å². The Morgan fingerprint density at radius 2 is 1.12 bits per heavy atom. The Kier molecular flexibility index (Phi) is 27.6. The normalized spacial score (nSPS) is 13.3. The number of aliphatic hydroxyl groups excluding tert-OH is 2. The standard InChI is InChI=1S/C31H68NO7Si/c1-4-5-6-7-8-9-10-11-12-13-14-15-16-17-18-19-22-32(2,3)23-20-29-40(35,36)39-28-27-38-31(21-24-33)30-37-26-25-34/h31,33-36H,4-30H2,1-3H3/q+1. The number of ether oxygens (including phenoxy) is 2. The first-order valence-electron chi connectivity index (χ1n) is 16.6. The number of unbranched alkanes of at least 4 members (excludes halogenated alkanes) is 15. The Morgan fingerprint density at radius 1 is 0.625 bits per heavy atom. The quantitative estimate of drug-likeness (QED) is 0.0467. The summed E-state index contributed by atoms with van der Waals surface area (Å²) < 4.78 is 17.1. The van der Waals surface area contributed by atoms with Crippen LogP contribution >= 0.6 is 0 Å². The highest BCUT2D eigenvalue weighted by Crippen LogP contribution is 2.15. The highest BCUT2D eigenvalue weighted by molar-refractivity contribution is 6.57. The second-order valence-electron chi connectivity index (χ2n) is 12.2. The summed E-state index contributed by atoms with van der Waals surface area (Å²) in [5.41, 5.74) is 0. The molecule has 0 aliphatic carbocycles. The van der Waals surface area contributed by atoms with Crippen molar-refractivity contribution in [1.82, 2.24) is 0 Å². The minimum absolute atomic E-state index is 0.0276. The van der Waals surface area contributed by atoms with Crippen LogP contribution in [0.1, 0.15) is 122 Å². The average Bonchev–Trinajstić information content (AvgIpc) is 2.90. The smallest absolute Gasteiger partial charge is 0.396 e. The molecule has 0 fully saturated rings. The lowest BCUT2D eigenvalue weighted by Crippen LogP contribution is -2.44. The predicted molar refractivity (Wildman–Crippen MR) is 166 cm³/mol. The van der Waals surface area contributed by atoms with Gasteiger partial charge in [-0.15, -0.1) is 0 Å². The monoisotopic (exact) mass is 594 g/mol. The minimum atomic E-state index is -3.70. The fraction of sp³-hybridized carbons (Fsp3) is 1.00. The van der Waals surface area contributed by atoms with Crippen LogP contribution in [0.15, 0.2) is 0 Å². The van der Waals surface area contributed by atoms with Gasteiger partial charge in [0.05, 0.1) is 66.3 Å². The van der Waals surface area contributed by atoms with E-state index >= 15 is 0 Å². The van der Waals surface area contributed by atoms with Gasteiger partial charge in [-0.05, 0) is 19.3 Å². The van der Waals surface area contributed by atoms with Gasteiger partial charge in [-0.1, -0.05) is 96.8 Å². The predicted octanol–water partition coefficient (Wildman–Crippen LogP) is 5.43. The molecule has 4 N–H and O–H groups in total. The van der Waals surface area contributed by atoms with Crippen LogP contribution in [-0.2, 0) is 13.9 Å². The van der Waals surface area contributed by atoms with Gasteiger partial charge < -0.3 is 38.2 Å². The first kappa shape index (κ1) is 39.9. The van der Waals surface area contributed by atoms with Crippen LogP contribution in [0, 0.1) is 0 Å². The van der Waals surface area contributed by atoms with E-state index in [4.69, 9.17) is 24.1 Å². The summed E-state index contributed by atoms with van der Waals surface area (Å²) >= 11 is 0. The average molecular weight is 595 g/mol. The first-order chi connectivity index (χ1) is 19.3. The fourth-order valence-electron chi connectivity index (χ4n) is 5.07. The van der Waals surface area contributed by atoms with Gasteiger partial charge in [0, 0.05) is 19.1 Å². The summed E-state index contributed by atoms with van der Waals surface area (Å²) in [7, 11) is 0.736. The summed E-state index contributed by atoms with van der Waals surface area (Å²) in [6.07, 6.45) is 22.9. The van der Waals surface area contributed by atoms with Crippen molar-refractivity contribution < 1.29 is 38.2 Å². The zero-order valence-corrected chi connectivity index (χ0v) is 27.6. The molecule has 0 aromatic heterocycles. The van der Waals surface area contributed by atoms with E-state index in [-0.39, 0.29) is 51.8 Å². The van der Waals surface area contributed by atoms with Gasteiger partial charge in [0.25, 0.3) is 0 Å². The second-order valence-corrected chi connectivity index (χ2v) is 14.5. The molecule has 0 aliphatic heterocycles. The van der Waals surface area contributed by atoms with Gasteiger partial charge in [0.1, 0.15) is 0 Å². The lowest BCUT2D eigenvalue weighted by molar-refractivity contribution is -0.890. The van der Waals surface area contributed by atoms with E-state index in [2.05, 4.69) is 21.0 Å². The van der Waals surface area contributed by atoms with Crippen molar-refractivity contribution in [2.24, 2.45) is 0 Å². The maximum atomic E-state index is 10.3. The molecule has 40 heavy (non-hydrogen) atoms. The summed E-state index contributed by atoms with van der Waals surface area (Å²) in [5, 5.41) is 17.9. The number of hydrogen-bond acceptors (Lipinski definition) is 7. The zero-order valence-electron chi connectivity index (χ0n) is 26.6. The molecule has 9 heteroatoms. The number of rotatable bonds is 32. The lowest BCUT2D eigenvalue weighted by Gasteiger charge is -2.30. The Hall–Kier alpha value is -0.103. The van der Waals surface area contributed by atoms with E-state index in [1.807, 2.05) is 0 Å². The Balaban J connectivity index is 3.69. The van der Waals surface area contributed by atoms with Crippen LogP contribution in [-0.4, -0.2) is 106 Å². The van der Waals surface area contributed by atoms with Gasteiger partial charge >= 0.3 is 8.80 Å². The SMILES string of the molecule is CCCCCCCCCCCCCCCCCC[N+](C)(C)CCC[Si](O)(O)OCCOC(CCO)COCCO. The molecule has 0 saturated carbocycles. The van der Waals surface area contributed by atoms with Crippen molar-refractivity contribution in [1.29, 1.82) is 0 Å². The molecule has 0 saturated heterocycles. The molecule has 0 radical (unpaired) electrons. The Labute approximate surface area is 248 Å². The molecular formula is C31H68NO7Si+. The zero-order chi connectivity index (χ0) is 29.8. The van der Waals surface area contributed by atoms with Crippen LogP contribution in [0.2, 0.25) is 6.04 Å². The lowest BCUT2D eigenvalue weighted by atomic mass is 10.0. The molecule has 0 bridgehead atoms. The molecule has 242 valence electrons. The third-order valence-electron chi connectivity index (χ3n) is 7.64. The van der Waals surface area contributed by atoms with Gasteiger partial charge in [-0.3, -0.25) is 0 Å². The molecule has 0 heterocycles. The van der Waals surface area contributed by atoms with Crippen molar-refractivity contribution in [3.63, 3.8) is 0 Å². The maximum absolute atomic E-state index is 10.3. The van der Waals surface area contributed by atoms with Gasteiger partial charge in [0.2, 0.25) is 0 Å². The molecule has 8 nitrogen and oxygen atoms in total. The Morgan fingerprint density at radius 3 is 1.62 bits per heavy atom. The van der Waals surface area contributed by atoms with Crippen molar-refractivity contribution in [3.8, 4) is 0 Å². The highest BCUT2D eigenvalue weighted by Gasteiger charge is 2.32. The number of quaternary nitrogens is 1. The second kappa shape index (κ2) is 27.7. The van der Waals surface area contributed by atoms with Crippen molar-refractivity contribution in [3.05, 3.63) is 0 Å². The van der Waals surface area contributed by atoms with Crippen LogP contribution in [0.25, 0.3) is 0 Å². The van der Waals surface area contributed by atoms with Gasteiger partial charge in [-0.25, -0.2) is 0 Å². The van der Waals surface area contributed by atoms with E-state index in [9.17, 15) is 9.59 Å². The Bertz CT molecular complexity index is 526. The fourth-order valence-corrected chi connectivity index (χ4v) is 6.24. The number of hydrogen-bond donors (Lipinski definition) is 4. The molecule has 0 rings (SSSR count). The van der Waals surface area contributed by atoms with Crippen LogP contribution < -0.4 is 0 Å². The molecule has 1 unspecified atom stereocenters. The van der Waals surface area contributed by atoms with Crippen molar-refractivity contribution >= 4 is 8.80 Å². The maximum Gasteiger partial charge on any atom is 0.495 e. The topological polar surface area (TPSA) is 109 Å². The molecule has 0 aliphatic rings. The summed E-state index contributed by atoms with van der Waals surface area (Å²) in [6.45, 7) is 4.99. The third-order valence-corrected chi connectivity index (χ3v) is 9.31. The molecule has 0 amide bonds. The van der Waals surface area contributed by atoms with Gasteiger partial charge in [-0.2, -0.15) is 0 Å². The van der Waals surface area contributed by atoms with Crippen molar-refractivity contribution in [2.75, 3.05) is 66.8 Å². The number of nitrogens with zero attached hydrogens (tertiary/aromatic N) is 1. The third kappa shape index (κ3) is 28.0. The van der Waals surface area contributed by atoms with E-state index in [1.165, 1.54) is 103 Å². The summed E-state index contributed by atoms with van der Waals surface area (Å²) in [6, 6.07) is 0.285. The molecule has 0 spiro atoms. The van der Waals surface area contributed by atoms with Crippen LogP contribution in [0.5, 0.6) is 0 Å². The number of aliphatic hydroxyl groups is 2. The molecule has 0 aromatic rings. The summed E-state index contributed by atoms with van der Waals surface area (Å²) in [5.74, 6) is 0. The highest BCUT2D eigenvalue weighted by atomic mass is 28.4. The molecular weight excluding hydrogens is 526 g/mol. The van der Waals surface area contributed by atoms with E-state index in [0.29, 0.717) is 12.8 Å². The minimum Gasteiger partial charge on any atom is -0.396 e. The van der Waals surface area contributed by atoms with E-state index in [1.54, 1.807) is 0 Å². The van der Waals surface area contributed by atoms with E-state index < -0.39 is 8.80 Å². The van der Waals surface area contributed by atoms with E-state index in [0.717, 1.165) is 17.6 Å². The van der Waals surface area contributed by atoms with Crippen LogP contribution in [0.4, 0.5) is 0 Å². The van der Waals surface area contributed by atoms with Gasteiger partial charge in [0.15, 0.2) is 0 Å². The molecule has 1 atom stereocenters.